The summed E-state index contributed by atoms with van der Waals surface area (Å²) in [6, 6.07) is 0.355. The standard InChI is InChI=1S/C10H21N3O/c1-8(2)13-10(11)12-5-3-9-4-6-14-7-9/h8-9H,3-7H2,1-2H3,(H3,11,12,13). The molecule has 0 aliphatic carbocycles. The van der Waals surface area contributed by atoms with Crippen molar-refractivity contribution in [3.05, 3.63) is 0 Å². The molecule has 3 N–H and O–H groups in total. The molecular formula is C10H21N3O. The zero-order valence-corrected chi connectivity index (χ0v) is 9.12. The molecule has 1 aliphatic rings. The first-order valence-electron chi connectivity index (χ1n) is 5.32. The Morgan fingerprint density at radius 1 is 1.64 bits per heavy atom. The molecule has 0 spiro atoms. The summed E-state index contributed by atoms with van der Waals surface area (Å²) in [7, 11) is 0. The monoisotopic (exact) mass is 199 g/mol. The molecule has 0 radical (unpaired) electrons. The highest BCUT2D eigenvalue weighted by Crippen LogP contribution is 2.15. The molecule has 82 valence electrons. The van der Waals surface area contributed by atoms with E-state index in [0.29, 0.717) is 17.9 Å². The summed E-state index contributed by atoms with van der Waals surface area (Å²) in [6.07, 6.45) is 2.26. The molecule has 1 fully saturated rings. The second-order valence-corrected chi connectivity index (χ2v) is 4.08. The Morgan fingerprint density at radius 3 is 3.00 bits per heavy atom. The molecule has 4 nitrogen and oxygen atoms in total. The summed E-state index contributed by atoms with van der Waals surface area (Å²) in [5.74, 6) is 1.24. The van der Waals surface area contributed by atoms with Crippen LogP contribution in [0.1, 0.15) is 26.7 Å². The minimum absolute atomic E-state index is 0.355. The minimum atomic E-state index is 0.355. The first-order chi connectivity index (χ1) is 6.68. The van der Waals surface area contributed by atoms with Crippen LogP contribution in [0.15, 0.2) is 4.99 Å². The molecule has 0 aromatic heterocycles. The maximum atomic E-state index is 5.67. The number of aliphatic imine (C=N–C) groups is 1. The van der Waals surface area contributed by atoms with Crippen molar-refractivity contribution < 1.29 is 4.74 Å². The molecule has 1 rings (SSSR count). The van der Waals surface area contributed by atoms with Crippen LogP contribution in [0.4, 0.5) is 0 Å². The summed E-state index contributed by atoms with van der Waals surface area (Å²) in [5, 5.41) is 3.06. The van der Waals surface area contributed by atoms with Gasteiger partial charge in [0, 0.05) is 25.8 Å². The molecule has 1 unspecified atom stereocenters. The topological polar surface area (TPSA) is 59.6 Å². The van der Waals surface area contributed by atoms with E-state index in [4.69, 9.17) is 10.5 Å². The number of guanidine groups is 1. The van der Waals surface area contributed by atoms with Crippen molar-refractivity contribution in [3.8, 4) is 0 Å². The molecule has 4 heteroatoms. The van der Waals surface area contributed by atoms with Crippen molar-refractivity contribution in [2.24, 2.45) is 16.6 Å². The minimum Gasteiger partial charge on any atom is -0.381 e. The van der Waals surface area contributed by atoms with Crippen LogP contribution in [-0.4, -0.2) is 31.8 Å². The second-order valence-electron chi connectivity index (χ2n) is 4.08. The number of hydrogen-bond donors (Lipinski definition) is 2. The highest BCUT2D eigenvalue weighted by molar-refractivity contribution is 5.77. The lowest BCUT2D eigenvalue weighted by molar-refractivity contribution is 0.184. The van der Waals surface area contributed by atoms with Gasteiger partial charge in [-0.15, -0.1) is 0 Å². The molecule has 1 aliphatic heterocycles. The lowest BCUT2D eigenvalue weighted by Crippen LogP contribution is -2.36. The average Bonchev–Trinajstić information content (AvgIpc) is 2.55. The molecule has 14 heavy (non-hydrogen) atoms. The Kier molecular flexibility index (Phi) is 4.73. The number of hydrogen-bond acceptors (Lipinski definition) is 2. The Labute approximate surface area is 85.9 Å². The Bertz CT molecular complexity index is 186. The number of nitrogens with two attached hydrogens (primary N) is 1. The third-order valence-electron chi connectivity index (χ3n) is 2.28. The van der Waals surface area contributed by atoms with Gasteiger partial charge in [0.2, 0.25) is 0 Å². The van der Waals surface area contributed by atoms with E-state index in [1.807, 2.05) is 13.8 Å². The van der Waals surface area contributed by atoms with Gasteiger partial charge in [0.05, 0.1) is 0 Å². The van der Waals surface area contributed by atoms with Crippen LogP contribution in [0, 0.1) is 5.92 Å². The Morgan fingerprint density at radius 2 is 2.43 bits per heavy atom. The molecule has 1 saturated heterocycles. The molecule has 0 amide bonds. The highest BCUT2D eigenvalue weighted by Gasteiger charge is 2.14. The van der Waals surface area contributed by atoms with Crippen molar-refractivity contribution in [2.75, 3.05) is 19.8 Å². The van der Waals surface area contributed by atoms with Crippen molar-refractivity contribution >= 4 is 5.96 Å². The fraction of sp³-hybridized carbons (Fsp3) is 0.900. The van der Waals surface area contributed by atoms with Gasteiger partial charge < -0.3 is 15.8 Å². The average molecular weight is 199 g/mol. The van der Waals surface area contributed by atoms with Gasteiger partial charge in [-0.2, -0.15) is 0 Å². The quantitative estimate of drug-likeness (QED) is 0.518. The van der Waals surface area contributed by atoms with Gasteiger partial charge in [0.25, 0.3) is 0 Å². The van der Waals surface area contributed by atoms with E-state index in [0.717, 1.165) is 26.2 Å². The van der Waals surface area contributed by atoms with Gasteiger partial charge >= 0.3 is 0 Å². The van der Waals surface area contributed by atoms with Gasteiger partial charge in [-0.3, -0.25) is 4.99 Å². The Balaban J connectivity index is 2.11. The van der Waals surface area contributed by atoms with Crippen LogP contribution in [0.5, 0.6) is 0 Å². The molecule has 1 atom stereocenters. The van der Waals surface area contributed by atoms with E-state index in [1.165, 1.54) is 6.42 Å². The predicted octanol–water partition coefficient (Wildman–Crippen LogP) is 0.726. The highest BCUT2D eigenvalue weighted by atomic mass is 16.5. The maximum Gasteiger partial charge on any atom is 0.188 e. The zero-order chi connectivity index (χ0) is 10.4. The molecule has 0 aromatic rings. The van der Waals surface area contributed by atoms with Crippen LogP contribution in [0.2, 0.25) is 0 Å². The van der Waals surface area contributed by atoms with E-state index in [1.54, 1.807) is 0 Å². The normalized spacial score (nSPS) is 23.1. The van der Waals surface area contributed by atoms with Crippen LogP contribution < -0.4 is 11.1 Å². The Hall–Kier alpha value is -0.770. The first kappa shape index (κ1) is 11.3. The molecule has 0 bridgehead atoms. The first-order valence-corrected chi connectivity index (χ1v) is 5.32. The van der Waals surface area contributed by atoms with E-state index in [2.05, 4.69) is 10.3 Å². The van der Waals surface area contributed by atoms with Crippen LogP contribution in [0.3, 0.4) is 0 Å². The van der Waals surface area contributed by atoms with Gasteiger partial charge in [-0.1, -0.05) is 0 Å². The molecule has 0 aromatic carbocycles. The fourth-order valence-electron chi connectivity index (χ4n) is 1.52. The summed E-state index contributed by atoms with van der Waals surface area (Å²) in [5.41, 5.74) is 5.67. The van der Waals surface area contributed by atoms with Crippen LogP contribution in [0.25, 0.3) is 0 Å². The fourth-order valence-corrected chi connectivity index (χ4v) is 1.52. The predicted molar refractivity (Wildman–Crippen MR) is 58.3 cm³/mol. The number of nitrogens with one attached hydrogen (secondary N) is 1. The summed E-state index contributed by atoms with van der Waals surface area (Å²) in [4.78, 5) is 4.26. The van der Waals surface area contributed by atoms with Gasteiger partial charge in [-0.05, 0) is 32.6 Å². The van der Waals surface area contributed by atoms with Crippen LogP contribution in [-0.2, 0) is 4.74 Å². The number of nitrogens with zero attached hydrogens (tertiary/aromatic N) is 1. The van der Waals surface area contributed by atoms with Gasteiger partial charge in [-0.25, -0.2) is 0 Å². The number of rotatable bonds is 4. The van der Waals surface area contributed by atoms with E-state index < -0.39 is 0 Å². The maximum absolute atomic E-state index is 5.67. The third kappa shape index (κ3) is 4.46. The summed E-state index contributed by atoms with van der Waals surface area (Å²) < 4.78 is 5.28. The van der Waals surface area contributed by atoms with Gasteiger partial charge in [0.1, 0.15) is 0 Å². The summed E-state index contributed by atoms with van der Waals surface area (Å²) in [6.45, 7) is 6.71. The third-order valence-corrected chi connectivity index (χ3v) is 2.28. The summed E-state index contributed by atoms with van der Waals surface area (Å²) >= 11 is 0. The molecule has 1 heterocycles. The SMILES string of the molecule is CC(C)NC(N)=NCCC1CCOC1. The number of ether oxygens (including phenoxy) is 1. The lowest BCUT2D eigenvalue weighted by atomic mass is 10.1. The smallest absolute Gasteiger partial charge is 0.188 e. The van der Waals surface area contributed by atoms with Gasteiger partial charge in [0.15, 0.2) is 5.96 Å². The lowest BCUT2D eigenvalue weighted by Gasteiger charge is -2.09. The van der Waals surface area contributed by atoms with E-state index in [9.17, 15) is 0 Å². The van der Waals surface area contributed by atoms with Crippen molar-refractivity contribution in [3.63, 3.8) is 0 Å². The van der Waals surface area contributed by atoms with Crippen LogP contribution >= 0.6 is 0 Å². The molecular weight excluding hydrogens is 178 g/mol. The van der Waals surface area contributed by atoms with Crippen molar-refractivity contribution in [2.45, 2.75) is 32.7 Å². The zero-order valence-electron chi connectivity index (χ0n) is 9.12. The van der Waals surface area contributed by atoms with Crippen molar-refractivity contribution in [1.82, 2.24) is 5.32 Å². The van der Waals surface area contributed by atoms with Crippen molar-refractivity contribution in [1.29, 1.82) is 0 Å². The largest absolute Gasteiger partial charge is 0.381 e. The van der Waals surface area contributed by atoms with E-state index in [-0.39, 0.29) is 0 Å². The molecule has 0 saturated carbocycles. The van der Waals surface area contributed by atoms with E-state index >= 15 is 0 Å². The second kappa shape index (κ2) is 5.86.